The van der Waals surface area contributed by atoms with Crippen molar-refractivity contribution in [1.82, 2.24) is 4.90 Å². The maximum atomic E-state index is 12.1. The zero-order valence-corrected chi connectivity index (χ0v) is 10.4. The number of carbonyl (C=O) groups excluding carboxylic acids is 1. The van der Waals surface area contributed by atoms with Crippen LogP contribution in [-0.4, -0.2) is 29.6 Å². The van der Waals surface area contributed by atoms with Gasteiger partial charge in [0.2, 0.25) is 0 Å². The van der Waals surface area contributed by atoms with E-state index in [4.69, 9.17) is 6.57 Å². The predicted octanol–water partition coefficient (Wildman–Crippen LogP) is 2.51. The molecule has 1 aromatic carbocycles. The van der Waals surface area contributed by atoms with Crippen molar-refractivity contribution in [2.24, 2.45) is 5.10 Å². The summed E-state index contributed by atoms with van der Waals surface area (Å²) in [5, 5.41) is 3.75. The standard InChI is InChI=1S/C14H15N3O/c1-11-5-7-12(8-6-11)13(18)10-17-9-3-4-14(17)16-15-2/h5-8H,3-4,9-10H2,1H3/b16-14+. The molecule has 4 nitrogen and oxygen atoms in total. The van der Waals surface area contributed by atoms with Crippen LogP contribution in [0.25, 0.3) is 4.95 Å². The Kier molecular flexibility index (Phi) is 3.73. The van der Waals surface area contributed by atoms with Crippen LogP contribution in [0.1, 0.15) is 28.8 Å². The number of likely N-dealkylation sites (tertiary alicyclic amines) is 1. The highest BCUT2D eigenvalue weighted by atomic mass is 16.1. The molecule has 0 aromatic heterocycles. The molecular weight excluding hydrogens is 226 g/mol. The highest BCUT2D eigenvalue weighted by Gasteiger charge is 2.23. The number of hydrogen-bond acceptors (Lipinski definition) is 2. The number of aryl methyl sites for hydroxylation is 1. The van der Waals surface area contributed by atoms with Crippen molar-refractivity contribution in [3.63, 3.8) is 0 Å². The summed E-state index contributed by atoms with van der Waals surface area (Å²) in [6, 6.07) is 7.57. The molecule has 1 fully saturated rings. The third kappa shape index (κ3) is 2.75. The monoisotopic (exact) mass is 241 g/mol. The second kappa shape index (κ2) is 5.46. The van der Waals surface area contributed by atoms with E-state index in [0.717, 1.165) is 36.3 Å². The molecule has 18 heavy (non-hydrogen) atoms. The van der Waals surface area contributed by atoms with Gasteiger partial charge in [-0.15, -0.1) is 4.95 Å². The minimum atomic E-state index is 0.0783. The molecule has 1 aliphatic heterocycles. The van der Waals surface area contributed by atoms with Gasteiger partial charge in [-0.1, -0.05) is 29.8 Å². The number of amidine groups is 1. The molecule has 0 aliphatic carbocycles. The zero-order valence-electron chi connectivity index (χ0n) is 10.4. The fourth-order valence-electron chi connectivity index (χ4n) is 2.06. The number of rotatable bonds is 3. The zero-order chi connectivity index (χ0) is 13.0. The molecule has 0 spiro atoms. The largest absolute Gasteiger partial charge is 0.347 e. The van der Waals surface area contributed by atoms with Crippen molar-refractivity contribution in [3.8, 4) is 0 Å². The molecule has 1 aromatic rings. The molecule has 0 radical (unpaired) electrons. The lowest BCUT2D eigenvalue weighted by molar-refractivity contribution is 0.0966. The number of nitrogens with zero attached hydrogens (tertiary/aromatic N) is 3. The first kappa shape index (κ1) is 12.3. The molecule has 2 rings (SSSR count). The first-order valence-electron chi connectivity index (χ1n) is 5.99. The van der Waals surface area contributed by atoms with Crippen LogP contribution in [0, 0.1) is 13.5 Å². The molecular formula is C14H15N3O. The van der Waals surface area contributed by atoms with Crippen LogP contribution in [-0.2, 0) is 0 Å². The van der Waals surface area contributed by atoms with Gasteiger partial charge in [-0.3, -0.25) is 4.79 Å². The number of carbonyl (C=O) groups is 1. The Bertz CT molecular complexity index is 511. The Morgan fingerprint density at radius 3 is 2.83 bits per heavy atom. The van der Waals surface area contributed by atoms with Crippen molar-refractivity contribution in [3.05, 3.63) is 46.9 Å². The van der Waals surface area contributed by atoms with Crippen molar-refractivity contribution >= 4 is 11.6 Å². The fraction of sp³-hybridized carbons (Fsp3) is 0.357. The summed E-state index contributed by atoms with van der Waals surface area (Å²) in [5.41, 5.74) is 1.86. The smallest absolute Gasteiger partial charge is 0.188 e. The van der Waals surface area contributed by atoms with Gasteiger partial charge in [-0.05, 0) is 13.3 Å². The van der Waals surface area contributed by atoms with Crippen LogP contribution < -0.4 is 0 Å². The molecule has 1 heterocycles. The predicted molar refractivity (Wildman–Crippen MR) is 70.4 cm³/mol. The third-order valence-electron chi connectivity index (χ3n) is 3.07. The molecule has 1 saturated heterocycles. The van der Waals surface area contributed by atoms with E-state index in [1.165, 1.54) is 0 Å². The summed E-state index contributed by atoms with van der Waals surface area (Å²) < 4.78 is 0. The van der Waals surface area contributed by atoms with Crippen LogP contribution in [0.3, 0.4) is 0 Å². The van der Waals surface area contributed by atoms with Crippen molar-refractivity contribution in [2.75, 3.05) is 13.1 Å². The summed E-state index contributed by atoms with van der Waals surface area (Å²) >= 11 is 0. The van der Waals surface area contributed by atoms with Gasteiger partial charge in [-0.25, -0.2) is 0 Å². The second-order valence-corrected chi connectivity index (χ2v) is 4.43. The van der Waals surface area contributed by atoms with Crippen molar-refractivity contribution in [1.29, 1.82) is 0 Å². The van der Waals surface area contributed by atoms with E-state index < -0.39 is 0 Å². The van der Waals surface area contributed by atoms with Crippen LogP contribution in [0.5, 0.6) is 0 Å². The number of ketones is 1. The summed E-state index contributed by atoms with van der Waals surface area (Å²) in [7, 11) is 0. The van der Waals surface area contributed by atoms with Crippen molar-refractivity contribution < 1.29 is 4.79 Å². The minimum absolute atomic E-state index is 0.0783. The lowest BCUT2D eigenvalue weighted by Gasteiger charge is -2.15. The molecule has 4 heteroatoms. The van der Waals surface area contributed by atoms with Gasteiger partial charge in [-0.2, -0.15) is 6.57 Å². The number of benzene rings is 1. The molecule has 92 valence electrons. The highest BCUT2D eigenvalue weighted by molar-refractivity contribution is 6.00. The Morgan fingerprint density at radius 1 is 1.44 bits per heavy atom. The summed E-state index contributed by atoms with van der Waals surface area (Å²) in [6.45, 7) is 9.88. The Labute approximate surface area is 107 Å². The second-order valence-electron chi connectivity index (χ2n) is 4.43. The van der Waals surface area contributed by atoms with Gasteiger partial charge in [0, 0.05) is 18.5 Å². The average molecular weight is 241 g/mol. The Hall–Kier alpha value is -2.15. The number of hydrogen-bond donors (Lipinski definition) is 0. The summed E-state index contributed by atoms with van der Waals surface area (Å²) in [4.78, 5) is 17.0. The summed E-state index contributed by atoms with van der Waals surface area (Å²) in [5.74, 6) is 0.819. The summed E-state index contributed by atoms with van der Waals surface area (Å²) in [6.07, 6.45) is 1.76. The van der Waals surface area contributed by atoms with E-state index in [0.29, 0.717) is 6.54 Å². The first-order valence-corrected chi connectivity index (χ1v) is 5.99. The van der Waals surface area contributed by atoms with Crippen LogP contribution in [0.2, 0.25) is 0 Å². The van der Waals surface area contributed by atoms with Crippen LogP contribution in [0.4, 0.5) is 0 Å². The third-order valence-corrected chi connectivity index (χ3v) is 3.07. The van der Waals surface area contributed by atoms with E-state index >= 15 is 0 Å². The molecule has 0 unspecified atom stereocenters. The first-order chi connectivity index (χ1) is 8.70. The number of Topliss-reactive ketones (excluding diaryl/α,β-unsaturated/α-hetero) is 1. The van der Waals surface area contributed by atoms with Crippen LogP contribution in [0.15, 0.2) is 29.4 Å². The van der Waals surface area contributed by atoms with E-state index in [1.807, 2.05) is 36.1 Å². The van der Waals surface area contributed by atoms with Crippen LogP contribution >= 0.6 is 0 Å². The molecule has 1 aliphatic rings. The van der Waals surface area contributed by atoms with E-state index in [-0.39, 0.29) is 5.78 Å². The molecule has 0 saturated carbocycles. The quantitative estimate of drug-likeness (QED) is 0.463. The topological polar surface area (TPSA) is 37.0 Å². The Morgan fingerprint density at radius 2 is 2.17 bits per heavy atom. The van der Waals surface area contributed by atoms with Gasteiger partial charge >= 0.3 is 0 Å². The van der Waals surface area contributed by atoms with Gasteiger partial charge in [0.15, 0.2) is 11.6 Å². The molecule has 0 bridgehead atoms. The average Bonchev–Trinajstić information content (AvgIpc) is 2.78. The fourth-order valence-corrected chi connectivity index (χ4v) is 2.06. The van der Waals surface area contributed by atoms with Gasteiger partial charge in [0.25, 0.3) is 0 Å². The lowest BCUT2D eigenvalue weighted by Crippen LogP contribution is -2.30. The SMILES string of the molecule is [C-]#[N+]/N=C1\CCCN1CC(=O)c1ccc(C)cc1. The normalized spacial score (nSPS) is 16.9. The van der Waals surface area contributed by atoms with Crippen molar-refractivity contribution in [2.45, 2.75) is 19.8 Å². The minimum Gasteiger partial charge on any atom is -0.347 e. The van der Waals surface area contributed by atoms with E-state index in [9.17, 15) is 4.79 Å². The van der Waals surface area contributed by atoms with E-state index in [1.54, 1.807) is 0 Å². The van der Waals surface area contributed by atoms with Gasteiger partial charge in [0.05, 0.1) is 6.54 Å². The Balaban J connectivity index is 2.06. The molecule has 0 atom stereocenters. The maximum absolute atomic E-state index is 12.1. The molecule has 0 amide bonds. The lowest BCUT2D eigenvalue weighted by atomic mass is 10.1. The maximum Gasteiger partial charge on any atom is 0.188 e. The van der Waals surface area contributed by atoms with E-state index in [2.05, 4.69) is 10.1 Å². The van der Waals surface area contributed by atoms with Gasteiger partial charge < -0.3 is 4.90 Å². The highest BCUT2D eigenvalue weighted by Crippen LogP contribution is 2.13. The molecule has 0 N–H and O–H groups in total. The van der Waals surface area contributed by atoms with Gasteiger partial charge in [0.1, 0.15) is 5.10 Å².